The predicted octanol–water partition coefficient (Wildman–Crippen LogP) is 2.51. The fourth-order valence-electron chi connectivity index (χ4n) is 1.71. The minimum Gasteiger partial charge on any atom is -0.494 e. The first kappa shape index (κ1) is 15.0. The number of hydrogen-bond acceptors (Lipinski definition) is 3. The number of hydrogen-bond donors (Lipinski definition) is 1. The van der Waals surface area contributed by atoms with E-state index in [1.807, 2.05) is 20.8 Å². The van der Waals surface area contributed by atoms with Crippen molar-refractivity contribution in [1.82, 2.24) is 4.72 Å². The van der Waals surface area contributed by atoms with Crippen molar-refractivity contribution in [1.29, 1.82) is 0 Å². The highest BCUT2D eigenvalue weighted by molar-refractivity contribution is 7.89. The molecular formula is C13H21NO3S. The minimum atomic E-state index is -3.40. The van der Waals surface area contributed by atoms with Crippen LogP contribution in [-0.2, 0) is 10.0 Å². The van der Waals surface area contributed by atoms with E-state index in [0.717, 1.165) is 11.3 Å². The largest absolute Gasteiger partial charge is 0.494 e. The summed E-state index contributed by atoms with van der Waals surface area (Å²) in [4.78, 5) is 0.288. The molecule has 1 aromatic rings. The molecule has 0 saturated heterocycles. The number of ether oxygens (including phenoxy) is 1. The molecule has 0 saturated carbocycles. The van der Waals surface area contributed by atoms with Crippen LogP contribution >= 0.6 is 0 Å². The summed E-state index contributed by atoms with van der Waals surface area (Å²) in [7, 11) is -3.40. The molecule has 1 aromatic carbocycles. The smallest absolute Gasteiger partial charge is 0.240 e. The molecule has 5 heteroatoms. The van der Waals surface area contributed by atoms with Crippen molar-refractivity contribution < 1.29 is 13.2 Å². The fraction of sp³-hybridized carbons (Fsp3) is 0.538. The zero-order chi connectivity index (χ0) is 13.8. The average molecular weight is 271 g/mol. The van der Waals surface area contributed by atoms with E-state index in [-0.39, 0.29) is 10.8 Å². The second-order valence-electron chi connectivity index (χ2n) is 4.29. The molecule has 0 heterocycles. The Morgan fingerprint density at radius 2 is 1.94 bits per heavy atom. The van der Waals surface area contributed by atoms with Gasteiger partial charge in [-0.3, -0.25) is 0 Å². The van der Waals surface area contributed by atoms with E-state index >= 15 is 0 Å². The molecule has 0 fully saturated rings. The molecule has 4 nitrogen and oxygen atoms in total. The molecule has 18 heavy (non-hydrogen) atoms. The van der Waals surface area contributed by atoms with E-state index in [1.54, 1.807) is 25.1 Å². The number of rotatable bonds is 6. The summed E-state index contributed by atoms with van der Waals surface area (Å²) in [6.07, 6.45) is 0. The van der Waals surface area contributed by atoms with Crippen molar-refractivity contribution in [2.75, 3.05) is 13.2 Å². The first-order chi connectivity index (χ1) is 8.42. The molecule has 1 rings (SSSR count). The lowest BCUT2D eigenvalue weighted by atomic mass is 10.0. The van der Waals surface area contributed by atoms with Gasteiger partial charge in [-0.05, 0) is 36.6 Å². The molecule has 0 unspecified atom stereocenters. The SMILES string of the molecule is CCNS(=O)(=O)c1ccc(OCC)c(C(C)C)c1. The summed E-state index contributed by atoms with van der Waals surface area (Å²) in [6, 6.07) is 4.99. The number of nitrogens with one attached hydrogen (secondary N) is 1. The van der Waals surface area contributed by atoms with E-state index in [1.165, 1.54) is 0 Å². The summed E-state index contributed by atoms with van der Waals surface area (Å²) >= 11 is 0. The Kier molecular flexibility index (Phi) is 5.16. The van der Waals surface area contributed by atoms with Gasteiger partial charge in [0.15, 0.2) is 0 Å². The topological polar surface area (TPSA) is 55.4 Å². The van der Waals surface area contributed by atoms with Crippen molar-refractivity contribution in [2.24, 2.45) is 0 Å². The Morgan fingerprint density at radius 1 is 1.28 bits per heavy atom. The second-order valence-corrected chi connectivity index (χ2v) is 6.06. The Hall–Kier alpha value is -1.07. The van der Waals surface area contributed by atoms with Gasteiger partial charge in [-0.25, -0.2) is 13.1 Å². The highest BCUT2D eigenvalue weighted by atomic mass is 32.2. The zero-order valence-corrected chi connectivity index (χ0v) is 12.2. The third-order valence-corrected chi connectivity index (χ3v) is 4.09. The highest BCUT2D eigenvalue weighted by Crippen LogP contribution is 2.29. The van der Waals surface area contributed by atoms with Gasteiger partial charge in [0.1, 0.15) is 5.75 Å². The van der Waals surface area contributed by atoms with Gasteiger partial charge in [-0.1, -0.05) is 20.8 Å². The standard InChI is InChI=1S/C13H21NO3S/c1-5-14-18(15,16)11-7-8-13(17-6-2)12(9-11)10(3)4/h7-10,14H,5-6H2,1-4H3. The summed E-state index contributed by atoms with van der Waals surface area (Å²) in [5.74, 6) is 0.964. The molecule has 0 atom stereocenters. The molecule has 0 aliphatic heterocycles. The first-order valence-corrected chi connectivity index (χ1v) is 7.67. The Bertz CT molecular complexity index is 495. The maximum absolute atomic E-state index is 11.9. The summed E-state index contributed by atoms with van der Waals surface area (Å²) in [6.45, 7) is 8.65. The predicted molar refractivity (Wildman–Crippen MR) is 72.6 cm³/mol. The van der Waals surface area contributed by atoms with Crippen molar-refractivity contribution >= 4 is 10.0 Å². The van der Waals surface area contributed by atoms with Crippen LogP contribution < -0.4 is 9.46 Å². The van der Waals surface area contributed by atoms with Crippen LogP contribution in [-0.4, -0.2) is 21.6 Å². The lowest BCUT2D eigenvalue weighted by Gasteiger charge is -2.15. The van der Waals surface area contributed by atoms with Crippen LogP contribution in [0.3, 0.4) is 0 Å². The molecule has 0 spiro atoms. The molecular weight excluding hydrogens is 250 g/mol. The quantitative estimate of drug-likeness (QED) is 0.865. The molecule has 102 valence electrons. The molecule has 0 aliphatic carbocycles. The number of sulfonamides is 1. The minimum absolute atomic E-state index is 0.211. The van der Waals surface area contributed by atoms with Crippen LogP contribution in [0.1, 0.15) is 39.2 Å². The molecule has 0 amide bonds. The van der Waals surface area contributed by atoms with Crippen molar-refractivity contribution in [3.05, 3.63) is 23.8 Å². The van der Waals surface area contributed by atoms with Gasteiger partial charge in [-0.2, -0.15) is 0 Å². The lowest BCUT2D eigenvalue weighted by Crippen LogP contribution is -2.23. The molecule has 0 radical (unpaired) electrons. The average Bonchev–Trinajstić information content (AvgIpc) is 2.29. The van der Waals surface area contributed by atoms with Gasteiger partial charge in [-0.15, -0.1) is 0 Å². The third-order valence-electron chi connectivity index (χ3n) is 2.55. The van der Waals surface area contributed by atoms with Crippen molar-refractivity contribution in [3.63, 3.8) is 0 Å². The Labute approximate surface area is 109 Å². The maximum atomic E-state index is 11.9. The first-order valence-electron chi connectivity index (χ1n) is 6.18. The van der Waals surface area contributed by atoms with Crippen molar-refractivity contribution in [2.45, 2.75) is 38.5 Å². The molecule has 1 N–H and O–H groups in total. The van der Waals surface area contributed by atoms with Crippen LogP contribution in [0, 0.1) is 0 Å². The Morgan fingerprint density at radius 3 is 2.44 bits per heavy atom. The van der Waals surface area contributed by atoms with E-state index in [4.69, 9.17) is 4.74 Å². The van der Waals surface area contributed by atoms with Crippen molar-refractivity contribution in [3.8, 4) is 5.75 Å². The van der Waals surface area contributed by atoms with Crippen LogP contribution in [0.5, 0.6) is 5.75 Å². The Balaban J connectivity index is 3.23. The van der Waals surface area contributed by atoms with Gasteiger partial charge >= 0.3 is 0 Å². The maximum Gasteiger partial charge on any atom is 0.240 e. The summed E-state index contributed by atoms with van der Waals surface area (Å²) in [5, 5.41) is 0. The van der Waals surface area contributed by atoms with Crippen LogP contribution in [0.4, 0.5) is 0 Å². The van der Waals surface area contributed by atoms with E-state index < -0.39 is 10.0 Å². The lowest BCUT2D eigenvalue weighted by molar-refractivity contribution is 0.335. The third kappa shape index (κ3) is 3.46. The fourth-order valence-corrected chi connectivity index (χ4v) is 2.78. The van der Waals surface area contributed by atoms with Gasteiger partial charge in [0.2, 0.25) is 10.0 Å². The summed E-state index contributed by atoms with van der Waals surface area (Å²) < 4.78 is 31.8. The monoisotopic (exact) mass is 271 g/mol. The van der Waals surface area contributed by atoms with Gasteiger partial charge < -0.3 is 4.74 Å². The number of benzene rings is 1. The van der Waals surface area contributed by atoms with Crippen LogP contribution in [0.25, 0.3) is 0 Å². The van der Waals surface area contributed by atoms with Gasteiger partial charge in [0.05, 0.1) is 11.5 Å². The van der Waals surface area contributed by atoms with E-state index in [2.05, 4.69) is 4.72 Å². The van der Waals surface area contributed by atoms with Gasteiger partial charge in [0, 0.05) is 6.54 Å². The van der Waals surface area contributed by atoms with Crippen LogP contribution in [0.15, 0.2) is 23.1 Å². The van der Waals surface area contributed by atoms with Gasteiger partial charge in [0.25, 0.3) is 0 Å². The van der Waals surface area contributed by atoms with E-state index in [9.17, 15) is 8.42 Å². The second kappa shape index (κ2) is 6.20. The normalized spacial score (nSPS) is 11.8. The van der Waals surface area contributed by atoms with E-state index in [0.29, 0.717) is 13.2 Å². The molecule has 0 aliphatic rings. The molecule has 0 aromatic heterocycles. The summed E-state index contributed by atoms with van der Waals surface area (Å²) in [5.41, 5.74) is 0.913. The van der Waals surface area contributed by atoms with Crippen LogP contribution in [0.2, 0.25) is 0 Å². The highest BCUT2D eigenvalue weighted by Gasteiger charge is 2.16. The molecule has 0 bridgehead atoms. The zero-order valence-electron chi connectivity index (χ0n) is 11.4.